The zero-order chi connectivity index (χ0) is 15.8. The predicted octanol–water partition coefficient (Wildman–Crippen LogP) is 4.40. The first kappa shape index (κ1) is 17.4. The summed E-state index contributed by atoms with van der Waals surface area (Å²) in [5.41, 5.74) is 0.569. The Morgan fingerprint density at radius 2 is 1.86 bits per heavy atom. The third kappa shape index (κ3) is 3.50. The summed E-state index contributed by atoms with van der Waals surface area (Å²) in [6.45, 7) is 5.25. The van der Waals surface area contributed by atoms with Crippen LogP contribution in [-0.4, -0.2) is 25.8 Å². The van der Waals surface area contributed by atoms with Gasteiger partial charge >= 0.3 is 0 Å². The van der Waals surface area contributed by atoms with E-state index in [9.17, 15) is 8.42 Å². The fraction of sp³-hybridized carbons (Fsp3) is 0.571. The van der Waals surface area contributed by atoms with Crippen LogP contribution < -0.4 is 0 Å². The van der Waals surface area contributed by atoms with E-state index < -0.39 is 10.0 Å². The summed E-state index contributed by atoms with van der Waals surface area (Å²) in [6, 6.07) is 2.93. The van der Waals surface area contributed by atoms with Crippen LogP contribution in [0, 0.1) is 11.8 Å². The highest BCUT2D eigenvalue weighted by atomic mass is 35.5. The van der Waals surface area contributed by atoms with Crippen LogP contribution in [0.1, 0.15) is 25.8 Å². The molecule has 1 heterocycles. The maximum absolute atomic E-state index is 12.8. The van der Waals surface area contributed by atoms with Crippen LogP contribution >= 0.6 is 34.8 Å². The highest BCUT2D eigenvalue weighted by Gasteiger charge is 2.33. The average Bonchev–Trinajstić information content (AvgIpc) is 2.41. The van der Waals surface area contributed by atoms with Crippen LogP contribution in [0.25, 0.3) is 0 Å². The van der Waals surface area contributed by atoms with Crippen molar-refractivity contribution in [2.24, 2.45) is 11.8 Å². The van der Waals surface area contributed by atoms with Gasteiger partial charge in [0, 0.05) is 24.0 Å². The normalized spacial score (nSPS) is 24.2. The number of hydrogen-bond acceptors (Lipinski definition) is 2. The number of benzene rings is 1. The molecule has 0 bridgehead atoms. The molecular weight excluding hydrogens is 353 g/mol. The molecule has 1 aliphatic heterocycles. The van der Waals surface area contributed by atoms with E-state index in [0.717, 1.165) is 6.42 Å². The molecule has 1 fully saturated rings. The molecule has 0 aliphatic carbocycles. The molecule has 118 valence electrons. The lowest BCUT2D eigenvalue weighted by Crippen LogP contribution is -2.42. The van der Waals surface area contributed by atoms with Gasteiger partial charge in [0.2, 0.25) is 10.0 Å². The molecule has 2 unspecified atom stereocenters. The van der Waals surface area contributed by atoms with Crippen LogP contribution in [0.5, 0.6) is 0 Å². The number of rotatable bonds is 3. The Labute approximate surface area is 141 Å². The second-order valence-electron chi connectivity index (χ2n) is 5.61. The lowest BCUT2D eigenvalue weighted by atomic mass is 9.90. The van der Waals surface area contributed by atoms with Gasteiger partial charge < -0.3 is 0 Å². The van der Waals surface area contributed by atoms with Crippen LogP contribution in [0.3, 0.4) is 0 Å². The van der Waals surface area contributed by atoms with Gasteiger partial charge in [-0.25, -0.2) is 8.42 Å². The van der Waals surface area contributed by atoms with Crippen molar-refractivity contribution in [1.29, 1.82) is 0 Å². The average molecular weight is 371 g/mol. The van der Waals surface area contributed by atoms with Gasteiger partial charge in [-0.3, -0.25) is 0 Å². The van der Waals surface area contributed by atoms with Gasteiger partial charge in [0.05, 0.1) is 5.02 Å². The number of sulfonamides is 1. The monoisotopic (exact) mass is 369 g/mol. The summed E-state index contributed by atoms with van der Waals surface area (Å²) in [6.07, 6.45) is 0.855. The van der Waals surface area contributed by atoms with Crippen molar-refractivity contribution in [3.8, 4) is 0 Å². The van der Waals surface area contributed by atoms with Crippen molar-refractivity contribution in [3.63, 3.8) is 0 Å². The standard InChI is InChI=1S/C14H18Cl3NO2S/c1-9-3-4-18(8-10(9)2)21(19,20)14-5-11(7-15)12(16)6-13(14)17/h5-6,9-10H,3-4,7-8H2,1-2H3. The van der Waals surface area contributed by atoms with Crippen molar-refractivity contribution < 1.29 is 8.42 Å². The number of alkyl halides is 1. The van der Waals surface area contributed by atoms with Gasteiger partial charge in [-0.2, -0.15) is 4.31 Å². The summed E-state index contributed by atoms with van der Waals surface area (Å²) in [7, 11) is -3.61. The maximum Gasteiger partial charge on any atom is 0.244 e. The first-order chi connectivity index (χ1) is 9.77. The van der Waals surface area contributed by atoms with Crippen molar-refractivity contribution in [2.75, 3.05) is 13.1 Å². The molecule has 0 amide bonds. The molecule has 2 rings (SSSR count). The molecular formula is C14H18Cl3NO2S. The third-order valence-electron chi connectivity index (χ3n) is 4.16. The third-order valence-corrected chi connectivity index (χ3v) is 7.13. The van der Waals surface area contributed by atoms with Crippen molar-refractivity contribution in [2.45, 2.75) is 31.0 Å². The number of piperidine rings is 1. The topological polar surface area (TPSA) is 37.4 Å². The zero-order valence-corrected chi connectivity index (χ0v) is 15.0. The van der Waals surface area contributed by atoms with E-state index >= 15 is 0 Å². The van der Waals surface area contributed by atoms with Gasteiger partial charge in [-0.1, -0.05) is 37.0 Å². The van der Waals surface area contributed by atoms with Crippen LogP contribution in [-0.2, 0) is 15.9 Å². The van der Waals surface area contributed by atoms with Crippen molar-refractivity contribution in [1.82, 2.24) is 4.31 Å². The summed E-state index contributed by atoms with van der Waals surface area (Å²) < 4.78 is 27.1. The molecule has 1 aromatic rings. The summed E-state index contributed by atoms with van der Waals surface area (Å²) >= 11 is 17.9. The molecule has 1 saturated heterocycles. The van der Waals surface area contributed by atoms with Gasteiger partial charge in [0.1, 0.15) is 4.90 Å². The molecule has 1 aliphatic rings. The minimum Gasteiger partial charge on any atom is -0.207 e. The Hall–Kier alpha value is -0.000000000000000111. The first-order valence-corrected chi connectivity index (χ1v) is 9.54. The van der Waals surface area contributed by atoms with Crippen LogP contribution in [0.2, 0.25) is 10.0 Å². The van der Waals surface area contributed by atoms with Crippen LogP contribution in [0.15, 0.2) is 17.0 Å². The first-order valence-electron chi connectivity index (χ1n) is 6.81. The minimum atomic E-state index is -3.61. The molecule has 21 heavy (non-hydrogen) atoms. The van der Waals surface area contributed by atoms with E-state index in [1.54, 1.807) is 0 Å². The van der Waals surface area contributed by atoms with Crippen molar-refractivity contribution in [3.05, 3.63) is 27.7 Å². The smallest absolute Gasteiger partial charge is 0.207 e. The fourth-order valence-electron chi connectivity index (χ4n) is 2.45. The molecule has 0 radical (unpaired) electrons. The van der Waals surface area contributed by atoms with Crippen LogP contribution in [0.4, 0.5) is 0 Å². The lowest BCUT2D eigenvalue weighted by molar-refractivity contribution is 0.212. The summed E-state index contributed by atoms with van der Waals surface area (Å²) in [5, 5.41) is 0.523. The molecule has 0 N–H and O–H groups in total. The molecule has 0 aromatic heterocycles. The Bertz CT molecular complexity index is 633. The second-order valence-corrected chi connectivity index (χ2v) is 8.60. The predicted molar refractivity (Wildman–Crippen MR) is 87.7 cm³/mol. The SMILES string of the molecule is CC1CCN(S(=O)(=O)c2cc(CCl)c(Cl)cc2Cl)CC1C. The van der Waals surface area contributed by atoms with E-state index in [0.29, 0.717) is 35.5 Å². The van der Waals surface area contributed by atoms with E-state index in [-0.39, 0.29) is 15.8 Å². The Morgan fingerprint density at radius 3 is 2.43 bits per heavy atom. The number of nitrogens with zero attached hydrogens (tertiary/aromatic N) is 1. The second kappa shape index (κ2) is 6.63. The maximum atomic E-state index is 12.8. The quantitative estimate of drug-likeness (QED) is 0.740. The van der Waals surface area contributed by atoms with Gasteiger partial charge in [-0.05, 0) is 36.0 Å². The molecule has 0 saturated carbocycles. The fourth-order valence-corrected chi connectivity index (χ4v) is 5.14. The van der Waals surface area contributed by atoms with E-state index in [4.69, 9.17) is 34.8 Å². The van der Waals surface area contributed by atoms with Gasteiger partial charge in [-0.15, -0.1) is 11.6 Å². The highest BCUT2D eigenvalue weighted by Crippen LogP contribution is 2.33. The number of hydrogen-bond donors (Lipinski definition) is 0. The summed E-state index contributed by atoms with van der Waals surface area (Å²) in [5.74, 6) is 0.994. The minimum absolute atomic E-state index is 0.0889. The Kier molecular flexibility index (Phi) is 5.48. The Balaban J connectivity index is 2.40. The number of halogens is 3. The molecule has 7 heteroatoms. The summed E-state index contributed by atoms with van der Waals surface area (Å²) in [4.78, 5) is 0.0889. The zero-order valence-electron chi connectivity index (χ0n) is 11.9. The van der Waals surface area contributed by atoms with Crippen molar-refractivity contribution >= 4 is 44.8 Å². The molecule has 2 atom stereocenters. The van der Waals surface area contributed by atoms with E-state index in [1.165, 1.54) is 16.4 Å². The lowest BCUT2D eigenvalue weighted by Gasteiger charge is -2.34. The highest BCUT2D eigenvalue weighted by molar-refractivity contribution is 7.89. The van der Waals surface area contributed by atoms with Gasteiger partial charge in [0.25, 0.3) is 0 Å². The molecule has 0 spiro atoms. The largest absolute Gasteiger partial charge is 0.244 e. The molecule has 1 aromatic carbocycles. The Morgan fingerprint density at radius 1 is 1.19 bits per heavy atom. The van der Waals surface area contributed by atoms with Gasteiger partial charge in [0.15, 0.2) is 0 Å². The van der Waals surface area contributed by atoms with E-state index in [2.05, 4.69) is 13.8 Å². The van der Waals surface area contributed by atoms with E-state index in [1.807, 2.05) is 0 Å². The molecule has 3 nitrogen and oxygen atoms in total.